The number of esters is 1. The van der Waals surface area contributed by atoms with Crippen LogP contribution in [0.4, 0.5) is 0 Å². The smallest absolute Gasteiger partial charge is 0.331 e. The summed E-state index contributed by atoms with van der Waals surface area (Å²) in [4.78, 5) is 25.4. The minimum Gasteiger partial charge on any atom is -0.486 e. The van der Waals surface area contributed by atoms with Crippen LogP contribution in [-0.2, 0) is 14.3 Å². The molecule has 1 aliphatic rings. The first-order valence-corrected chi connectivity index (χ1v) is 8.16. The van der Waals surface area contributed by atoms with E-state index in [0.717, 1.165) is 11.1 Å². The topological polar surface area (TPSA) is 65.1 Å². The van der Waals surface area contributed by atoms with Gasteiger partial charge in [0, 0.05) is 19.2 Å². The molecular weight excluding hydrogens is 322 g/mol. The molecule has 0 aromatic heterocycles. The number of likely N-dealkylation sites (N-methyl/N-ethyl adjacent to an activating group) is 1. The highest BCUT2D eigenvalue weighted by Crippen LogP contribution is 2.31. The van der Waals surface area contributed by atoms with Gasteiger partial charge in [0.15, 0.2) is 18.1 Å². The third-order valence-corrected chi connectivity index (χ3v) is 3.51. The first kappa shape index (κ1) is 18.6. The molecule has 25 heavy (non-hydrogen) atoms. The van der Waals surface area contributed by atoms with Crippen molar-refractivity contribution in [3.8, 4) is 11.5 Å². The third kappa shape index (κ3) is 5.67. The fraction of sp³-hybridized carbons (Fsp3) is 0.368. The largest absolute Gasteiger partial charge is 0.486 e. The number of amides is 1. The van der Waals surface area contributed by atoms with Crippen LogP contribution in [-0.4, -0.2) is 49.7 Å². The summed E-state index contributed by atoms with van der Waals surface area (Å²) in [5, 5.41) is 0. The molecular formula is C19H23NO5. The van der Waals surface area contributed by atoms with E-state index in [9.17, 15) is 9.59 Å². The summed E-state index contributed by atoms with van der Waals surface area (Å²) in [5.74, 6) is 0.519. The van der Waals surface area contributed by atoms with E-state index in [1.807, 2.05) is 19.9 Å². The van der Waals surface area contributed by atoms with Crippen LogP contribution < -0.4 is 9.47 Å². The van der Waals surface area contributed by atoms with Gasteiger partial charge < -0.3 is 19.1 Å². The van der Waals surface area contributed by atoms with Crippen molar-refractivity contribution in [2.24, 2.45) is 0 Å². The average Bonchev–Trinajstić information content (AvgIpc) is 2.62. The number of hydrogen-bond acceptors (Lipinski definition) is 5. The number of nitrogens with zero attached hydrogens (tertiary/aromatic N) is 1. The number of fused-ring (bicyclic) bond motifs is 1. The van der Waals surface area contributed by atoms with Gasteiger partial charge in [-0.05, 0) is 37.6 Å². The second-order valence-corrected chi connectivity index (χ2v) is 5.71. The molecule has 0 unspecified atom stereocenters. The minimum atomic E-state index is -0.574. The van der Waals surface area contributed by atoms with Gasteiger partial charge in [-0.2, -0.15) is 0 Å². The summed E-state index contributed by atoms with van der Waals surface area (Å²) in [6.07, 6.45) is 2.89. The Balaban J connectivity index is 1.86. The van der Waals surface area contributed by atoms with Crippen molar-refractivity contribution >= 4 is 18.0 Å². The molecule has 0 fully saturated rings. The molecule has 0 spiro atoms. The Labute approximate surface area is 147 Å². The molecule has 0 saturated carbocycles. The van der Waals surface area contributed by atoms with E-state index < -0.39 is 5.97 Å². The first-order valence-electron chi connectivity index (χ1n) is 8.16. The fourth-order valence-electron chi connectivity index (χ4n) is 2.30. The molecule has 1 aliphatic heterocycles. The number of ether oxygens (including phenoxy) is 3. The maximum absolute atomic E-state index is 12.0. The van der Waals surface area contributed by atoms with Crippen LogP contribution in [0.15, 0.2) is 36.4 Å². The number of hydrogen-bond donors (Lipinski definition) is 0. The molecule has 2 rings (SSSR count). The minimum absolute atomic E-state index is 0.244. The molecule has 1 amide bonds. The van der Waals surface area contributed by atoms with Crippen LogP contribution in [0.2, 0.25) is 0 Å². The maximum atomic E-state index is 12.0. The van der Waals surface area contributed by atoms with Gasteiger partial charge >= 0.3 is 5.97 Å². The van der Waals surface area contributed by atoms with Gasteiger partial charge in [-0.25, -0.2) is 4.79 Å². The van der Waals surface area contributed by atoms with Crippen LogP contribution in [0, 0.1) is 0 Å². The highest BCUT2D eigenvalue weighted by Gasteiger charge is 2.14. The summed E-state index contributed by atoms with van der Waals surface area (Å²) >= 11 is 0. The molecule has 0 atom stereocenters. The average molecular weight is 345 g/mol. The van der Waals surface area contributed by atoms with Crippen LogP contribution in [0.5, 0.6) is 11.5 Å². The van der Waals surface area contributed by atoms with Crippen molar-refractivity contribution in [1.82, 2.24) is 4.90 Å². The third-order valence-electron chi connectivity index (χ3n) is 3.51. The highest BCUT2D eigenvalue weighted by molar-refractivity contribution is 5.89. The SMILES string of the molecule is C=C(C)CN(CC)C(=O)COC(=O)/C=C/c1ccc2c(c1)OCCO2. The zero-order valence-corrected chi connectivity index (χ0v) is 14.6. The monoisotopic (exact) mass is 345 g/mol. The quantitative estimate of drug-likeness (QED) is 0.431. The van der Waals surface area contributed by atoms with E-state index in [1.165, 1.54) is 6.08 Å². The van der Waals surface area contributed by atoms with Gasteiger partial charge in [0.1, 0.15) is 13.2 Å². The van der Waals surface area contributed by atoms with E-state index in [-0.39, 0.29) is 12.5 Å². The van der Waals surface area contributed by atoms with Gasteiger partial charge in [0.25, 0.3) is 5.91 Å². The van der Waals surface area contributed by atoms with Crippen LogP contribution in [0.3, 0.4) is 0 Å². The molecule has 6 nitrogen and oxygen atoms in total. The summed E-state index contributed by atoms with van der Waals surface area (Å²) in [6.45, 7) is 9.24. The Morgan fingerprint density at radius 3 is 2.68 bits per heavy atom. The Morgan fingerprint density at radius 1 is 1.28 bits per heavy atom. The molecule has 134 valence electrons. The Kier molecular flexibility index (Phi) is 6.62. The van der Waals surface area contributed by atoms with Gasteiger partial charge in [-0.1, -0.05) is 18.2 Å². The number of benzene rings is 1. The summed E-state index contributed by atoms with van der Waals surface area (Å²) in [5.41, 5.74) is 1.66. The normalized spacial score (nSPS) is 12.7. The van der Waals surface area contributed by atoms with Crippen molar-refractivity contribution in [2.45, 2.75) is 13.8 Å². The molecule has 0 aliphatic carbocycles. The molecule has 0 radical (unpaired) electrons. The van der Waals surface area contributed by atoms with Gasteiger partial charge in [-0.15, -0.1) is 0 Å². The molecule has 1 heterocycles. The molecule has 0 N–H and O–H groups in total. The highest BCUT2D eigenvalue weighted by atomic mass is 16.6. The number of carbonyl (C=O) groups is 2. The Hall–Kier alpha value is -2.76. The van der Waals surface area contributed by atoms with Gasteiger partial charge in [-0.3, -0.25) is 4.79 Å². The predicted octanol–water partition coefficient (Wildman–Crippen LogP) is 2.44. The maximum Gasteiger partial charge on any atom is 0.331 e. The Bertz CT molecular complexity index is 680. The lowest BCUT2D eigenvalue weighted by Gasteiger charge is -2.20. The first-order chi connectivity index (χ1) is 12.0. The fourth-order valence-corrected chi connectivity index (χ4v) is 2.30. The zero-order chi connectivity index (χ0) is 18.2. The number of carbonyl (C=O) groups excluding carboxylic acids is 2. The van der Waals surface area contributed by atoms with E-state index in [0.29, 0.717) is 37.8 Å². The number of rotatable bonds is 7. The van der Waals surface area contributed by atoms with Crippen molar-refractivity contribution in [2.75, 3.05) is 32.9 Å². The van der Waals surface area contributed by atoms with Gasteiger partial charge in [0.05, 0.1) is 0 Å². The van der Waals surface area contributed by atoms with Crippen molar-refractivity contribution < 1.29 is 23.8 Å². The second kappa shape index (κ2) is 8.92. The molecule has 0 bridgehead atoms. The van der Waals surface area contributed by atoms with Crippen LogP contribution in [0.25, 0.3) is 6.08 Å². The Morgan fingerprint density at radius 2 is 2.00 bits per heavy atom. The summed E-state index contributed by atoms with van der Waals surface area (Å²) in [6, 6.07) is 5.39. The summed E-state index contributed by atoms with van der Waals surface area (Å²) < 4.78 is 15.9. The molecule has 1 aromatic carbocycles. The van der Waals surface area contributed by atoms with Crippen molar-refractivity contribution in [3.05, 3.63) is 42.0 Å². The lowest BCUT2D eigenvalue weighted by molar-refractivity contribution is -0.147. The zero-order valence-electron chi connectivity index (χ0n) is 14.6. The molecule has 1 aromatic rings. The lowest BCUT2D eigenvalue weighted by atomic mass is 10.2. The van der Waals surface area contributed by atoms with Crippen LogP contribution in [0.1, 0.15) is 19.4 Å². The molecule has 6 heteroatoms. The standard InChI is InChI=1S/C19H23NO5/c1-4-20(12-14(2)3)18(21)13-25-19(22)8-6-15-5-7-16-17(11-15)24-10-9-23-16/h5-8,11H,2,4,9-10,12-13H2,1,3H3/b8-6+. The lowest BCUT2D eigenvalue weighted by Crippen LogP contribution is -2.35. The van der Waals surface area contributed by atoms with E-state index >= 15 is 0 Å². The van der Waals surface area contributed by atoms with Crippen molar-refractivity contribution in [1.29, 1.82) is 0 Å². The summed E-state index contributed by atoms with van der Waals surface area (Å²) in [7, 11) is 0. The van der Waals surface area contributed by atoms with Crippen LogP contribution >= 0.6 is 0 Å². The van der Waals surface area contributed by atoms with E-state index in [4.69, 9.17) is 14.2 Å². The predicted molar refractivity (Wildman–Crippen MR) is 94.5 cm³/mol. The van der Waals surface area contributed by atoms with E-state index in [1.54, 1.807) is 23.1 Å². The second-order valence-electron chi connectivity index (χ2n) is 5.71. The molecule has 0 saturated heterocycles. The van der Waals surface area contributed by atoms with Gasteiger partial charge in [0.2, 0.25) is 0 Å². The van der Waals surface area contributed by atoms with Crippen molar-refractivity contribution in [3.63, 3.8) is 0 Å². The van der Waals surface area contributed by atoms with E-state index in [2.05, 4.69) is 6.58 Å².